The normalized spacial score (nSPS) is 35.7. The summed E-state index contributed by atoms with van der Waals surface area (Å²) in [6.07, 6.45) is 4.13. The van der Waals surface area contributed by atoms with Crippen molar-refractivity contribution in [1.82, 2.24) is 0 Å². The number of nitrogens with one attached hydrogen (secondary N) is 1. The van der Waals surface area contributed by atoms with E-state index in [9.17, 15) is 4.79 Å². The van der Waals surface area contributed by atoms with E-state index in [1.54, 1.807) is 0 Å². The lowest BCUT2D eigenvalue weighted by molar-refractivity contribution is -0.118. The zero-order chi connectivity index (χ0) is 14.0. The van der Waals surface area contributed by atoms with Crippen molar-refractivity contribution >= 4 is 22.4 Å². The third-order valence-corrected chi connectivity index (χ3v) is 6.09. The van der Waals surface area contributed by atoms with Gasteiger partial charge in [0.15, 0.2) is 0 Å². The highest BCUT2D eigenvalue weighted by molar-refractivity contribution is 6.03. The number of carbonyl (C=O) groups excluding carboxylic acids is 1. The van der Waals surface area contributed by atoms with Gasteiger partial charge in [0.1, 0.15) is 0 Å². The van der Waals surface area contributed by atoms with E-state index in [4.69, 9.17) is 0 Å². The lowest BCUT2D eigenvalue weighted by Crippen LogP contribution is -2.18. The van der Waals surface area contributed by atoms with Crippen molar-refractivity contribution in [3.8, 4) is 0 Å². The number of benzene rings is 2. The van der Waals surface area contributed by atoms with Gasteiger partial charge in [0.25, 0.3) is 0 Å². The van der Waals surface area contributed by atoms with E-state index in [1.165, 1.54) is 24.6 Å². The van der Waals surface area contributed by atoms with E-state index in [-0.39, 0.29) is 5.91 Å². The maximum absolute atomic E-state index is 12.6. The van der Waals surface area contributed by atoms with Crippen molar-refractivity contribution in [3.05, 3.63) is 42.5 Å². The first-order valence-electron chi connectivity index (χ1n) is 8.11. The van der Waals surface area contributed by atoms with E-state index < -0.39 is 0 Å². The Bertz CT molecular complexity index is 716. The molecule has 3 aliphatic carbocycles. The van der Waals surface area contributed by atoms with Gasteiger partial charge in [-0.15, -0.1) is 0 Å². The molecule has 3 saturated carbocycles. The number of amides is 1. The summed E-state index contributed by atoms with van der Waals surface area (Å²) in [5.74, 6) is 3.68. The monoisotopic (exact) mass is 277 g/mol. The summed E-state index contributed by atoms with van der Waals surface area (Å²) in [4.78, 5) is 12.6. The highest BCUT2D eigenvalue weighted by Gasteiger charge is 2.67. The summed E-state index contributed by atoms with van der Waals surface area (Å²) in [7, 11) is 0. The topological polar surface area (TPSA) is 29.1 Å². The number of anilines is 1. The third kappa shape index (κ3) is 1.62. The first-order chi connectivity index (χ1) is 10.3. The maximum atomic E-state index is 12.6. The van der Waals surface area contributed by atoms with E-state index in [1.807, 2.05) is 24.3 Å². The van der Waals surface area contributed by atoms with Crippen LogP contribution in [-0.2, 0) is 4.79 Å². The second-order valence-electron chi connectivity index (χ2n) is 7.03. The molecule has 2 heteroatoms. The number of carbonyl (C=O) groups is 1. The summed E-state index contributed by atoms with van der Waals surface area (Å²) in [6.45, 7) is 0. The number of rotatable bonds is 2. The average molecular weight is 277 g/mol. The first-order valence-corrected chi connectivity index (χ1v) is 8.11. The molecule has 0 aliphatic heterocycles. The van der Waals surface area contributed by atoms with Gasteiger partial charge < -0.3 is 5.32 Å². The molecule has 5 rings (SSSR count). The predicted molar refractivity (Wildman–Crippen MR) is 83.9 cm³/mol. The zero-order valence-electron chi connectivity index (χ0n) is 12.0. The maximum Gasteiger partial charge on any atom is 0.228 e. The third-order valence-electron chi connectivity index (χ3n) is 6.09. The zero-order valence-corrected chi connectivity index (χ0v) is 12.0. The van der Waals surface area contributed by atoms with Crippen molar-refractivity contribution in [2.75, 3.05) is 5.32 Å². The minimum atomic E-state index is 0.262. The van der Waals surface area contributed by atoms with Gasteiger partial charge in [-0.05, 0) is 54.4 Å². The van der Waals surface area contributed by atoms with Gasteiger partial charge in [0.2, 0.25) is 5.91 Å². The molecule has 0 radical (unpaired) electrons. The van der Waals surface area contributed by atoms with E-state index in [0.717, 1.165) is 22.9 Å². The van der Waals surface area contributed by atoms with Gasteiger partial charge in [0, 0.05) is 17.0 Å². The van der Waals surface area contributed by atoms with Crippen LogP contribution in [0.25, 0.3) is 10.8 Å². The number of hydrogen-bond acceptors (Lipinski definition) is 1. The van der Waals surface area contributed by atoms with Crippen molar-refractivity contribution in [2.45, 2.75) is 19.3 Å². The van der Waals surface area contributed by atoms with Gasteiger partial charge in [-0.3, -0.25) is 4.79 Å². The molecule has 0 saturated heterocycles. The smallest absolute Gasteiger partial charge is 0.228 e. The van der Waals surface area contributed by atoms with Gasteiger partial charge in [-0.2, -0.15) is 0 Å². The average Bonchev–Trinajstić information content (AvgIpc) is 2.96. The minimum Gasteiger partial charge on any atom is -0.325 e. The van der Waals surface area contributed by atoms with E-state index in [0.29, 0.717) is 17.8 Å². The highest BCUT2D eigenvalue weighted by atomic mass is 16.2. The van der Waals surface area contributed by atoms with Gasteiger partial charge >= 0.3 is 0 Å². The van der Waals surface area contributed by atoms with Crippen LogP contribution in [0.3, 0.4) is 0 Å². The minimum absolute atomic E-state index is 0.262. The molecule has 5 atom stereocenters. The Hall–Kier alpha value is -1.83. The van der Waals surface area contributed by atoms with Crippen molar-refractivity contribution in [1.29, 1.82) is 0 Å². The summed E-state index contributed by atoms with van der Waals surface area (Å²) >= 11 is 0. The number of fused-ring (bicyclic) bond motifs is 6. The Kier molecular flexibility index (Phi) is 2.30. The molecule has 3 fully saturated rings. The quantitative estimate of drug-likeness (QED) is 0.880. The van der Waals surface area contributed by atoms with Gasteiger partial charge in [-0.25, -0.2) is 0 Å². The largest absolute Gasteiger partial charge is 0.325 e. The molecule has 21 heavy (non-hydrogen) atoms. The number of hydrogen-bond donors (Lipinski definition) is 1. The molecule has 2 bridgehead atoms. The highest BCUT2D eigenvalue weighted by Crippen LogP contribution is 2.69. The Morgan fingerprint density at radius 3 is 2.48 bits per heavy atom. The van der Waals surface area contributed by atoms with Crippen LogP contribution in [-0.4, -0.2) is 5.91 Å². The van der Waals surface area contributed by atoms with Crippen LogP contribution in [0.15, 0.2) is 42.5 Å². The fourth-order valence-corrected chi connectivity index (χ4v) is 5.23. The molecule has 3 aliphatic rings. The van der Waals surface area contributed by atoms with E-state index >= 15 is 0 Å². The second-order valence-corrected chi connectivity index (χ2v) is 7.03. The Balaban J connectivity index is 1.41. The van der Waals surface area contributed by atoms with Crippen molar-refractivity contribution in [3.63, 3.8) is 0 Å². The van der Waals surface area contributed by atoms with Crippen LogP contribution in [0.1, 0.15) is 19.3 Å². The van der Waals surface area contributed by atoms with Crippen LogP contribution in [0.5, 0.6) is 0 Å². The molecule has 1 N–H and O–H groups in total. The predicted octanol–water partition coefficient (Wildman–Crippen LogP) is 4.07. The molecule has 0 spiro atoms. The molecule has 0 aromatic heterocycles. The Morgan fingerprint density at radius 1 is 0.952 bits per heavy atom. The van der Waals surface area contributed by atoms with Crippen LogP contribution in [0, 0.1) is 29.6 Å². The molecule has 2 aromatic rings. The van der Waals surface area contributed by atoms with Crippen LogP contribution < -0.4 is 5.32 Å². The Labute approximate surface area is 124 Å². The summed E-state index contributed by atoms with van der Waals surface area (Å²) < 4.78 is 0. The molecule has 1 amide bonds. The Morgan fingerprint density at radius 2 is 1.67 bits per heavy atom. The van der Waals surface area contributed by atoms with Crippen LogP contribution in [0.4, 0.5) is 5.69 Å². The van der Waals surface area contributed by atoms with Crippen molar-refractivity contribution in [2.24, 2.45) is 29.6 Å². The van der Waals surface area contributed by atoms with Gasteiger partial charge in [0.05, 0.1) is 0 Å². The SMILES string of the molecule is O=C(Nc1cccc2ccccc12)C1[C@@H]2[C@H]3CC[C@H](C3)[C@H]12. The lowest BCUT2D eigenvalue weighted by atomic mass is 10.0. The molecular formula is C19H19NO. The molecule has 106 valence electrons. The standard InChI is InChI=1S/C19H19NO/c21-19(18-16-12-8-9-13(10-12)17(16)18)20-15-7-3-5-11-4-1-2-6-14(11)15/h1-7,12-13,16-18H,8-10H2,(H,20,21)/t12-,13+,16+,17-,18?. The fraction of sp³-hybridized carbons (Fsp3) is 0.421. The molecule has 2 nitrogen and oxygen atoms in total. The second kappa shape index (κ2) is 4.09. The van der Waals surface area contributed by atoms with Crippen LogP contribution >= 0.6 is 0 Å². The summed E-state index contributed by atoms with van der Waals surface area (Å²) in [6, 6.07) is 14.4. The summed E-state index contributed by atoms with van der Waals surface area (Å²) in [5.41, 5.74) is 0.968. The van der Waals surface area contributed by atoms with Gasteiger partial charge in [-0.1, -0.05) is 36.4 Å². The molecular weight excluding hydrogens is 258 g/mol. The lowest BCUT2D eigenvalue weighted by Gasteiger charge is -2.11. The first kappa shape index (κ1) is 11.8. The van der Waals surface area contributed by atoms with Crippen molar-refractivity contribution < 1.29 is 4.79 Å². The van der Waals surface area contributed by atoms with Crippen LogP contribution in [0.2, 0.25) is 0 Å². The molecule has 1 unspecified atom stereocenters. The molecule has 0 heterocycles. The molecule has 2 aromatic carbocycles. The van der Waals surface area contributed by atoms with E-state index in [2.05, 4.69) is 23.5 Å². The fourth-order valence-electron chi connectivity index (χ4n) is 5.23. The summed E-state index contributed by atoms with van der Waals surface area (Å²) in [5, 5.41) is 5.53.